The molecule has 2 heterocycles. The van der Waals surface area contributed by atoms with Crippen molar-refractivity contribution in [2.24, 2.45) is 5.92 Å². The molecule has 2 aliphatic rings. The fraction of sp³-hybridized carbons (Fsp3) is 0.667. The zero-order chi connectivity index (χ0) is 6.10. The molecule has 9 heavy (non-hydrogen) atoms. The number of ether oxygens (including phenoxy) is 1. The molecule has 0 aliphatic carbocycles. The molecular formula is C6H9NO2. The fourth-order valence-electron chi connectivity index (χ4n) is 1.12. The molecule has 3 heteroatoms. The average molecular weight is 127 g/mol. The molecule has 2 aliphatic heterocycles. The second-order valence-electron chi connectivity index (χ2n) is 2.34. The van der Waals surface area contributed by atoms with Gasteiger partial charge in [0.05, 0.1) is 18.9 Å². The van der Waals surface area contributed by atoms with Crippen molar-refractivity contribution in [2.45, 2.75) is 6.42 Å². The molecule has 1 fully saturated rings. The summed E-state index contributed by atoms with van der Waals surface area (Å²) in [6.07, 6.45) is 2.83. The van der Waals surface area contributed by atoms with Crippen LogP contribution in [0.1, 0.15) is 6.42 Å². The predicted octanol–water partition coefficient (Wildman–Crippen LogP) is 0.399. The quantitative estimate of drug-likeness (QED) is 0.511. The Morgan fingerprint density at radius 1 is 1.67 bits per heavy atom. The molecule has 0 unspecified atom stereocenters. The molecular weight excluding hydrogens is 118 g/mol. The van der Waals surface area contributed by atoms with Gasteiger partial charge in [-0.15, -0.1) is 0 Å². The topological polar surface area (TPSA) is 30.5 Å². The molecule has 0 radical (unpaired) electrons. The Labute approximate surface area is 53.6 Å². The minimum Gasteiger partial charge on any atom is -0.499 e. The smallest absolute Gasteiger partial charge is 0.104 e. The van der Waals surface area contributed by atoms with Crippen LogP contribution >= 0.6 is 0 Å². The van der Waals surface area contributed by atoms with Gasteiger partial charge in [0.2, 0.25) is 0 Å². The first-order valence-electron chi connectivity index (χ1n) is 3.16. The molecule has 3 nitrogen and oxygen atoms in total. The third-order valence-corrected chi connectivity index (χ3v) is 1.71. The Kier molecular flexibility index (Phi) is 1.09. The van der Waals surface area contributed by atoms with Crippen molar-refractivity contribution in [3.63, 3.8) is 0 Å². The van der Waals surface area contributed by atoms with Gasteiger partial charge in [0.15, 0.2) is 0 Å². The summed E-state index contributed by atoms with van der Waals surface area (Å²) in [6, 6.07) is 0. The fourth-order valence-corrected chi connectivity index (χ4v) is 1.12. The molecule has 0 saturated carbocycles. The van der Waals surface area contributed by atoms with Crippen LogP contribution in [0.2, 0.25) is 0 Å². The molecule has 0 amide bonds. The van der Waals surface area contributed by atoms with E-state index < -0.39 is 0 Å². The monoisotopic (exact) mass is 127 g/mol. The number of nitrogens with one attached hydrogen (secondary N) is 1. The van der Waals surface area contributed by atoms with E-state index in [0.717, 1.165) is 25.3 Å². The van der Waals surface area contributed by atoms with Gasteiger partial charge in [-0.05, 0) is 6.42 Å². The van der Waals surface area contributed by atoms with Crippen molar-refractivity contribution >= 4 is 0 Å². The van der Waals surface area contributed by atoms with Gasteiger partial charge < -0.3 is 4.74 Å². The Morgan fingerprint density at radius 2 is 2.67 bits per heavy atom. The Balaban J connectivity index is 2.16. The zero-order valence-corrected chi connectivity index (χ0v) is 5.09. The molecule has 50 valence electrons. The number of rotatable bonds is 0. The Morgan fingerprint density at radius 3 is 3.56 bits per heavy atom. The highest BCUT2D eigenvalue weighted by Gasteiger charge is 2.24. The van der Waals surface area contributed by atoms with Gasteiger partial charge >= 0.3 is 0 Å². The van der Waals surface area contributed by atoms with Crippen LogP contribution in [0.5, 0.6) is 0 Å². The van der Waals surface area contributed by atoms with Crippen LogP contribution in [0, 0.1) is 5.92 Å². The van der Waals surface area contributed by atoms with Crippen molar-refractivity contribution in [2.75, 3.05) is 13.2 Å². The molecule has 0 aromatic heterocycles. The lowest BCUT2D eigenvalue weighted by Gasteiger charge is -2.13. The maximum absolute atomic E-state index is 5.08. The number of hydrogen-bond donors (Lipinski definition) is 1. The zero-order valence-electron chi connectivity index (χ0n) is 5.09. The van der Waals surface area contributed by atoms with Gasteiger partial charge in [-0.3, -0.25) is 10.3 Å². The normalized spacial score (nSPS) is 32.0. The molecule has 0 bridgehead atoms. The van der Waals surface area contributed by atoms with Crippen LogP contribution in [-0.4, -0.2) is 13.2 Å². The molecule has 0 aromatic rings. The molecule has 2 rings (SSSR count). The lowest BCUT2D eigenvalue weighted by atomic mass is 10.0. The average Bonchev–Trinajstić information content (AvgIpc) is 2.33. The van der Waals surface area contributed by atoms with Crippen molar-refractivity contribution in [1.29, 1.82) is 0 Å². The van der Waals surface area contributed by atoms with E-state index in [0.29, 0.717) is 5.92 Å². The summed E-state index contributed by atoms with van der Waals surface area (Å²) < 4.78 is 5.08. The third-order valence-electron chi connectivity index (χ3n) is 1.71. The van der Waals surface area contributed by atoms with Crippen molar-refractivity contribution < 1.29 is 9.57 Å². The van der Waals surface area contributed by atoms with Crippen LogP contribution in [-0.2, 0) is 9.57 Å². The van der Waals surface area contributed by atoms with Gasteiger partial charge in [-0.1, -0.05) is 0 Å². The van der Waals surface area contributed by atoms with Crippen LogP contribution in [0.3, 0.4) is 0 Å². The van der Waals surface area contributed by atoms with E-state index >= 15 is 0 Å². The second kappa shape index (κ2) is 1.92. The molecule has 0 spiro atoms. The van der Waals surface area contributed by atoms with Gasteiger partial charge in [-0.2, -0.15) is 0 Å². The lowest BCUT2D eigenvalue weighted by molar-refractivity contribution is 0.103. The number of hydroxylamine groups is 1. The van der Waals surface area contributed by atoms with Crippen LogP contribution in [0.15, 0.2) is 12.0 Å². The highest BCUT2D eigenvalue weighted by Crippen LogP contribution is 2.22. The van der Waals surface area contributed by atoms with Crippen molar-refractivity contribution in [3.8, 4) is 0 Å². The summed E-state index contributed by atoms with van der Waals surface area (Å²) in [4.78, 5) is 4.99. The Bertz CT molecular complexity index is 144. The summed E-state index contributed by atoms with van der Waals surface area (Å²) >= 11 is 0. The first-order chi connectivity index (χ1) is 4.47. The van der Waals surface area contributed by atoms with Gasteiger partial charge in [-0.25, -0.2) is 0 Å². The van der Waals surface area contributed by atoms with E-state index in [4.69, 9.17) is 9.57 Å². The summed E-state index contributed by atoms with van der Waals surface area (Å²) in [5.74, 6) is 0.568. The van der Waals surface area contributed by atoms with Gasteiger partial charge in [0.25, 0.3) is 0 Å². The largest absolute Gasteiger partial charge is 0.499 e. The molecule has 1 atom stereocenters. The van der Waals surface area contributed by atoms with Crippen LogP contribution < -0.4 is 5.48 Å². The molecule has 0 aromatic carbocycles. The van der Waals surface area contributed by atoms with Crippen molar-refractivity contribution in [1.82, 2.24) is 5.48 Å². The maximum atomic E-state index is 5.08. The standard InChI is InChI=1S/C6H9NO2/c1-2-8-4-6-5(1)3-9-7-6/h4-5,7H,1-3H2/t5-/m0/s1. The van der Waals surface area contributed by atoms with Crippen LogP contribution in [0.25, 0.3) is 0 Å². The summed E-state index contributed by atoms with van der Waals surface area (Å²) in [6.45, 7) is 1.63. The van der Waals surface area contributed by atoms with E-state index in [-0.39, 0.29) is 0 Å². The number of fused-ring (bicyclic) bond motifs is 1. The first kappa shape index (κ1) is 5.11. The Hall–Kier alpha value is -0.700. The SMILES string of the molecule is C1=C2NOC[C@@H]2CCO1. The molecule has 1 N–H and O–H groups in total. The van der Waals surface area contributed by atoms with E-state index in [2.05, 4.69) is 5.48 Å². The van der Waals surface area contributed by atoms with Gasteiger partial charge in [0.1, 0.15) is 6.26 Å². The highest BCUT2D eigenvalue weighted by atomic mass is 16.7. The van der Waals surface area contributed by atoms with E-state index in [1.165, 1.54) is 0 Å². The minimum absolute atomic E-state index is 0.568. The van der Waals surface area contributed by atoms with Gasteiger partial charge in [0, 0.05) is 5.92 Å². The summed E-state index contributed by atoms with van der Waals surface area (Å²) in [5, 5.41) is 0. The highest BCUT2D eigenvalue weighted by molar-refractivity contribution is 5.04. The summed E-state index contributed by atoms with van der Waals surface area (Å²) in [7, 11) is 0. The summed E-state index contributed by atoms with van der Waals surface area (Å²) in [5.41, 5.74) is 3.89. The second-order valence-corrected chi connectivity index (χ2v) is 2.34. The molecule has 1 saturated heterocycles. The van der Waals surface area contributed by atoms with E-state index in [1.54, 1.807) is 6.26 Å². The van der Waals surface area contributed by atoms with E-state index in [1.807, 2.05) is 0 Å². The third kappa shape index (κ3) is 0.772. The van der Waals surface area contributed by atoms with Crippen molar-refractivity contribution in [3.05, 3.63) is 12.0 Å². The first-order valence-corrected chi connectivity index (χ1v) is 3.16. The number of hydrogen-bond acceptors (Lipinski definition) is 3. The minimum atomic E-state index is 0.568. The maximum Gasteiger partial charge on any atom is 0.104 e. The van der Waals surface area contributed by atoms with E-state index in [9.17, 15) is 0 Å². The van der Waals surface area contributed by atoms with Crippen LogP contribution in [0.4, 0.5) is 0 Å². The predicted molar refractivity (Wildman–Crippen MR) is 31.2 cm³/mol. The lowest BCUT2D eigenvalue weighted by Crippen LogP contribution is -2.13.